The molecule has 0 aliphatic rings. The molecular weight excluding hydrogens is 242 g/mol. The molecule has 0 saturated heterocycles. The molecule has 1 N–H and O–H groups in total. The van der Waals surface area contributed by atoms with Gasteiger partial charge in [-0.1, -0.05) is 35.5 Å². The maximum Gasteiger partial charge on any atom is 0.142 e. The third kappa shape index (κ3) is 3.74. The van der Waals surface area contributed by atoms with E-state index in [1.54, 1.807) is 25.3 Å². The van der Waals surface area contributed by atoms with E-state index in [4.69, 9.17) is 9.57 Å². The summed E-state index contributed by atoms with van der Waals surface area (Å²) in [5.41, 5.74) is 1.59. The molecule has 0 spiro atoms. The standard InChI is InChI=1S/C15H15NO3/c1-18-14-7-8-15(17)13(9-14)10-16-19-11-12-5-3-2-4-6-12/h2-10,17H,11H2,1H3/b16-10+. The van der Waals surface area contributed by atoms with Crippen LogP contribution in [-0.2, 0) is 11.4 Å². The summed E-state index contributed by atoms with van der Waals surface area (Å²) >= 11 is 0. The smallest absolute Gasteiger partial charge is 0.142 e. The topological polar surface area (TPSA) is 51.0 Å². The van der Waals surface area contributed by atoms with E-state index in [1.807, 2.05) is 30.3 Å². The van der Waals surface area contributed by atoms with E-state index in [-0.39, 0.29) is 5.75 Å². The number of oxime groups is 1. The molecule has 0 bridgehead atoms. The van der Waals surface area contributed by atoms with Crippen molar-refractivity contribution in [1.82, 2.24) is 0 Å². The molecule has 0 aliphatic carbocycles. The number of phenols is 1. The van der Waals surface area contributed by atoms with Crippen molar-refractivity contribution >= 4 is 6.21 Å². The summed E-state index contributed by atoms with van der Waals surface area (Å²) in [4.78, 5) is 5.17. The zero-order valence-corrected chi connectivity index (χ0v) is 10.6. The van der Waals surface area contributed by atoms with Gasteiger partial charge in [0.25, 0.3) is 0 Å². The predicted molar refractivity (Wildman–Crippen MR) is 73.5 cm³/mol. The first-order valence-corrected chi connectivity index (χ1v) is 5.86. The van der Waals surface area contributed by atoms with Crippen LogP contribution in [0.25, 0.3) is 0 Å². The molecule has 2 rings (SSSR count). The van der Waals surface area contributed by atoms with Crippen molar-refractivity contribution in [2.75, 3.05) is 7.11 Å². The summed E-state index contributed by atoms with van der Waals surface area (Å²) in [6, 6.07) is 14.7. The van der Waals surface area contributed by atoms with Crippen LogP contribution in [0.4, 0.5) is 0 Å². The molecule has 0 fully saturated rings. The van der Waals surface area contributed by atoms with Crippen molar-refractivity contribution < 1.29 is 14.7 Å². The summed E-state index contributed by atoms with van der Waals surface area (Å²) in [5.74, 6) is 0.787. The lowest BCUT2D eigenvalue weighted by atomic mass is 10.2. The van der Waals surface area contributed by atoms with Crippen molar-refractivity contribution in [3.05, 3.63) is 59.7 Å². The van der Waals surface area contributed by atoms with Crippen LogP contribution in [0.1, 0.15) is 11.1 Å². The second-order valence-corrected chi connectivity index (χ2v) is 3.92. The van der Waals surface area contributed by atoms with Gasteiger partial charge in [0.1, 0.15) is 18.1 Å². The first kappa shape index (κ1) is 13.0. The number of ether oxygens (including phenoxy) is 1. The minimum Gasteiger partial charge on any atom is -0.507 e. The monoisotopic (exact) mass is 257 g/mol. The van der Waals surface area contributed by atoms with E-state index < -0.39 is 0 Å². The van der Waals surface area contributed by atoms with Crippen LogP contribution in [0, 0.1) is 0 Å². The lowest BCUT2D eigenvalue weighted by molar-refractivity contribution is 0.132. The summed E-state index contributed by atoms with van der Waals surface area (Å²) in [7, 11) is 1.57. The van der Waals surface area contributed by atoms with E-state index in [9.17, 15) is 5.11 Å². The fourth-order valence-electron chi connectivity index (χ4n) is 1.54. The van der Waals surface area contributed by atoms with Crippen LogP contribution < -0.4 is 4.74 Å². The number of methoxy groups -OCH3 is 1. The maximum atomic E-state index is 9.64. The van der Waals surface area contributed by atoms with Crippen molar-refractivity contribution in [2.24, 2.45) is 5.16 Å². The lowest BCUT2D eigenvalue weighted by Gasteiger charge is -2.03. The zero-order valence-electron chi connectivity index (χ0n) is 10.6. The first-order chi connectivity index (χ1) is 9.29. The van der Waals surface area contributed by atoms with Crippen LogP contribution in [0.5, 0.6) is 11.5 Å². The molecule has 4 nitrogen and oxygen atoms in total. The average Bonchev–Trinajstić information content (AvgIpc) is 2.46. The van der Waals surface area contributed by atoms with E-state index in [1.165, 1.54) is 6.21 Å². The fraction of sp³-hybridized carbons (Fsp3) is 0.133. The highest BCUT2D eigenvalue weighted by molar-refractivity contribution is 5.83. The van der Waals surface area contributed by atoms with Crippen molar-refractivity contribution in [3.8, 4) is 11.5 Å². The van der Waals surface area contributed by atoms with Crippen LogP contribution >= 0.6 is 0 Å². The van der Waals surface area contributed by atoms with E-state index in [0.29, 0.717) is 17.9 Å². The number of phenolic OH excluding ortho intramolecular Hbond substituents is 1. The Morgan fingerprint density at radius 2 is 1.95 bits per heavy atom. The Bertz CT molecular complexity index is 553. The van der Waals surface area contributed by atoms with Gasteiger partial charge in [0.05, 0.1) is 13.3 Å². The van der Waals surface area contributed by atoms with E-state index in [0.717, 1.165) is 5.56 Å². The Morgan fingerprint density at radius 3 is 2.68 bits per heavy atom. The summed E-state index contributed by atoms with van der Waals surface area (Å²) in [6.45, 7) is 0.391. The van der Waals surface area contributed by atoms with Gasteiger partial charge >= 0.3 is 0 Å². The molecule has 2 aromatic carbocycles. The Morgan fingerprint density at radius 1 is 1.16 bits per heavy atom. The average molecular weight is 257 g/mol. The third-order valence-electron chi connectivity index (χ3n) is 2.58. The number of hydrogen-bond acceptors (Lipinski definition) is 4. The highest BCUT2D eigenvalue weighted by Gasteiger charge is 2.00. The quantitative estimate of drug-likeness (QED) is 0.661. The molecular formula is C15H15NO3. The second kappa shape index (κ2) is 6.44. The van der Waals surface area contributed by atoms with Gasteiger partial charge in [0, 0.05) is 5.56 Å². The van der Waals surface area contributed by atoms with Gasteiger partial charge in [-0.3, -0.25) is 0 Å². The molecule has 19 heavy (non-hydrogen) atoms. The molecule has 4 heteroatoms. The van der Waals surface area contributed by atoms with Crippen molar-refractivity contribution in [3.63, 3.8) is 0 Å². The molecule has 0 aromatic heterocycles. The van der Waals surface area contributed by atoms with Crippen molar-refractivity contribution in [2.45, 2.75) is 6.61 Å². The Kier molecular flexibility index (Phi) is 4.39. The fourth-order valence-corrected chi connectivity index (χ4v) is 1.54. The highest BCUT2D eigenvalue weighted by Crippen LogP contribution is 2.21. The van der Waals surface area contributed by atoms with Gasteiger partial charge in [0.2, 0.25) is 0 Å². The molecule has 0 aliphatic heterocycles. The molecule has 98 valence electrons. The minimum atomic E-state index is 0.132. The lowest BCUT2D eigenvalue weighted by Crippen LogP contribution is -1.90. The van der Waals surface area contributed by atoms with Gasteiger partial charge in [-0.15, -0.1) is 0 Å². The number of nitrogens with zero attached hydrogens (tertiary/aromatic N) is 1. The molecule has 0 saturated carbocycles. The Labute approximate surface area is 111 Å². The molecule has 0 amide bonds. The second-order valence-electron chi connectivity index (χ2n) is 3.92. The van der Waals surface area contributed by atoms with E-state index >= 15 is 0 Å². The summed E-state index contributed by atoms with van der Waals surface area (Å²) in [6.07, 6.45) is 1.46. The van der Waals surface area contributed by atoms with E-state index in [2.05, 4.69) is 5.16 Å². The normalized spacial score (nSPS) is 10.6. The molecule has 0 atom stereocenters. The zero-order chi connectivity index (χ0) is 13.5. The van der Waals surface area contributed by atoms with Crippen molar-refractivity contribution in [1.29, 1.82) is 0 Å². The predicted octanol–water partition coefficient (Wildman–Crippen LogP) is 2.95. The Hall–Kier alpha value is -2.49. The molecule has 0 heterocycles. The molecule has 2 aromatic rings. The summed E-state index contributed by atoms with van der Waals surface area (Å²) < 4.78 is 5.07. The van der Waals surface area contributed by atoms with Gasteiger partial charge in [0.15, 0.2) is 0 Å². The number of benzene rings is 2. The minimum absolute atomic E-state index is 0.132. The molecule has 0 radical (unpaired) electrons. The SMILES string of the molecule is COc1ccc(O)c(/C=N/OCc2ccccc2)c1. The first-order valence-electron chi connectivity index (χ1n) is 5.86. The highest BCUT2D eigenvalue weighted by atomic mass is 16.6. The maximum absolute atomic E-state index is 9.64. The Balaban J connectivity index is 1.95. The van der Waals surface area contributed by atoms with Gasteiger partial charge < -0.3 is 14.7 Å². The van der Waals surface area contributed by atoms with Gasteiger partial charge in [-0.25, -0.2) is 0 Å². The third-order valence-corrected chi connectivity index (χ3v) is 2.58. The number of hydrogen-bond donors (Lipinski definition) is 1. The largest absolute Gasteiger partial charge is 0.507 e. The number of rotatable bonds is 5. The summed E-state index contributed by atoms with van der Waals surface area (Å²) in [5, 5.41) is 13.5. The molecule has 0 unspecified atom stereocenters. The van der Waals surface area contributed by atoms with Crippen LogP contribution in [0.15, 0.2) is 53.7 Å². The van der Waals surface area contributed by atoms with Gasteiger partial charge in [-0.05, 0) is 23.8 Å². The van der Waals surface area contributed by atoms with Crippen LogP contribution in [0.2, 0.25) is 0 Å². The van der Waals surface area contributed by atoms with Crippen LogP contribution in [0.3, 0.4) is 0 Å². The van der Waals surface area contributed by atoms with Gasteiger partial charge in [-0.2, -0.15) is 0 Å². The number of aromatic hydroxyl groups is 1. The van der Waals surface area contributed by atoms with Crippen LogP contribution in [-0.4, -0.2) is 18.4 Å².